The summed E-state index contributed by atoms with van der Waals surface area (Å²) in [7, 11) is 0. The molecule has 0 aliphatic rings. The van der Waals surface area contributed by atoms with Gasteiger partial charge in [0.25, 0.3) is 5.91 Å². The molecule has 8 heteroatoms. The van der Waals surface area contributed by atoms with Crippen molar-refractivity contribution in [2.75, 3.05) is 25.0 Å². The molecule has 0 atom stereocenters. The molecular weight excluding hydrogens is 377 g/mol. The quantitative estimate of drug-likeness (QED) is 0.621. The van der Waals surface area contributed by atoms with Gasteiger partial charge in [-0.15, -0.1) is 0 Å². The minimum atomic E-state index is -0.373. The maximum atomic E-state index is 12.0. The van der Waals surface area contributed by atoms with Crippen molar-refractivity contribution in [3.05, 3.63) is 58.1 Å². The Labute approximate surface area is 161 Å². The highest BCUT2D eigenvalue weighted by Gasteiger charge is 2.08. The Morgan fingerprint density at radius 2 is 1.77 bits per heavy atom. The maximum Gasteiger partial charge on any atom is 0.319 e. The number of nitrogens with one attached hydrogen (secondary N) is 3. The number of halogens is 2. The number of amides is 3. The largest absolute Gasteiger partial charge is 0.494 e. The second kappa shape index (κ2) is 9.89. The molecule has 0 heterocycles. The lowest BCUT2D eigenvalue weighted by Gasteiger charge is -2.10. The Bertz CT molecular complexity index is 784. The molecule has 0 fully saturated rings. The zero-order valence-electron chi connectivity index (χ0n) is 14.1. The van der Waals surface area contributed by atoms with Crippen LogP contribution in [0.5, 0.6) is 5.75 Å². The monoisotopic (exact) mass is 395 g/mol. The first-order chi connectivity index (χ1) is 12.5. The molecule has 0 aliphatic carbocycles. The smallest absolute Gasteiger partial charge is 0.319 e. The second-order valence-corrected chi connectivity index (χ2v) is 6.04. The van der Waals surface area contributed by atoms with E-state index in [-0.39, 0.29) is 25.0 Å². The van der Waals surface area contributed by atoms with Crippen LogP contribution in [0.3, 0.4) is 0 Å². The Hall–Kier alpha value is -2.44. The molecule has 0 spiro atoms. The summed E-state index contributed by atoms with van der Waals surface area (Å²) in [6, 6.07) is 11.3. The van der Waals surface area contributed by atoms with Crippen molar-refractivity contribution in [1.82, 2.24) is 10.6 Å². The summed E-state index contributed by atoms with van der Waals surface area (Å²) in [5.74, 6) is 0.384. The van der Waals surface area contributed by atoms with E-state index in [9.17, 15) is 9.59 Å². The molecule has 0 bridgehead atoms. The van der Waals surface area contributed by atoms with Crippen LogP contribution in [-0.4, -0.2) is 31.6 Å². The van der Waals surface area contributed by atoms with E-state index in [1.807, 2.05) is 13.0 Å². The lowest BCUT2D eigenvalue weighted by Crippen LogP contribution is -2.36. The van der Waals surface area contributed by atoms with Gasteiger partial charge < -0.3 is 20.7 Å². The van der Waals surface area contributed by atoms with Crippen molar-refractivity contribution in [1.29, 1.82) is 0 Å². The summed E-state index contributed by atoms with van der Waals surface area (Å²) in [5.41, 5.74) is 1.02. The van der Waals surface area contributed by atoms with Crippen molar-refractivity contribution in [3.63, 3.8) is 0 Å². The van der Waals surface area contributed by atoms with Crippen molar-refractivity contribution in [3.8, 4) is 5.75 Å². The van der Waals surface area contributed by atoms with E-state index in [1.165, 1.54) is 6.07 Å². The third kappa shape index (κ3) is 6.13. The first kappa shape index (κ1) is 19.9. The molecule has 0 saturated carbocycles. The van der Waals surface area contributed by atoms with Crippen LogP contribution in [0.1, 0.15) is 17.3 Å². The van der Waals surface area contributed by atoms with Crippen LogP contribution in [0.4, 0.5) is 10.5 Å². The minimum absolute atomic E-state index is 0.268. The summed E-state index contributed by atoms with van der Waals surface area (Å²) in [5, 5.41) is 8.74. The Kier molecular flexibility index (Phi) is 7.56. The molecule has 3 N–H and O–H groups in total. The van der Waals surface area contributed by atoms with Crippen LogP contribution < -0.4 is 20.7 Å². The molecule has 0 saturated heterocycles. The fourth-order valence-corrected chi connectivity index (χ4v) is 2.40. The number of carbonyl (C=O) groups excluding carboxylic acids is 2. The molecule has 0 unspecified atom stereocenters. The molecule has 26 heavy (non-hydrogen) atoms. The van der Waals surface area contributed by atoms with Gasteiger partial charge in [-0.25, -0.2) is 4.79 Å². The highest BCUT2D eigenvalue weighted by atomic mass is 35.5. The first-order valence-corrected chi connectivity index (χ1v) is 8.76. The average Bonchev–Trinajstić information content (AvgIpc) is 2.61. The molecule has 2 aromatic rings. The number of benzene rings is 2. The van der Waals surface area contributed by atoms with E-state index in [1.54, 1.807) is 30.3 Å². The van der Waals surface area contributed by atoms with Gasteiger partial charge in [-0.05, 0) is 37.3 Å². The molecular formula is C18H19Cl2N3O3. The number of urea groups is 1. The van der Waals surface area contributed by atoms with Crippen molar-refractivity contribution in [2.24, 2.45) is 0 Å². The Morgan fingerprint density at radius 3 is 2.50 bits per heavy atom. The van der Waals surface area contributed by atoms with Crippen LogP contribution >= 0.6 is 23.2 Å². The lowest BCUT2D eigenvalue weighted by atomic mass is 10.2. The van der Waals surface area contributed by atoms with Gasteiger partial charge in [0.05, 0.1) is 16.7 Å². The SMILES string of the molecule is CCOc1cccc(NC(=O)NCCNC(=O)c2ccc(Cl)c(Cl)c2)c1. The average molecular weight is 396 g/mol. The van der Waals surface area contributed by atoms with Crippen molar-refractivity contribution in [2.45, 2.75) is 6.92 Å². The van der Waals surface area contributed by atoms with E-state index < -0.39 is 0 Å². The fourth-order valence-electron chi connectivity index (χ4n) is 2.10. The number of rotatable bonds is 7. The molecule has 0 aromatic heterocycles. The number of ether oxygens (including phenoxy) is 1. The summed E-state index contributed by atoms with van der Waals surface area (Å²) < 4.78 is 5.37. The van der Waals surface area contributed by atoms with E-state index in [0.29, 0.717) is 33.7 Å². The molecule has 2 rings (SSSR count). The number of hydrogen-bond donors (Lipinski definition) is 3. The van der Waals surface area contributed by atoms with E-state index in [4.69, 9.17) is 27.9 Å². The van der Waals surface area contributed by atoms with Crippen molar-refractivity contribution >= 4 is 40.8 Å². The number of anilines is 1. The van der Waals surface area contributed by atoms with Crippen LogP contribution in [0.2, 0.25) is 10.0 Å². The van der Waals surface area contributed by atoms with Gasteiger partial charge in [-0.2, -0.15) is 0 Å². The zero-order valence-corrected chi connectivity index (χ0v) is 15.7. The highest BCUT2D eigenvalue weighted by molar-refractivity contribution is 6.42. The molecule has 138 valence electrons. The predicted octanol–water partition coefficient (Wildman–Crippen LogP) is 3.94. The molecule has 0 aliphatic heterocycles. The van der Waals surface area contributed by atoms with Crippen molar-refractivity contribution < 1.29 is 14.3 Å². The number of carbonyl (C=O) groups is 2. The van der Waals surface area contributed by atoms with Gasteiger partial charge in [0, 0.05) is 30.4 Å². The zero-order chi connectivity index (χ0) is 18.9. The summed E-state index contributed by atoms with van der Waals surface area (Å²) in [6.45, 7) is 2.98. The van der Waals surface area contributed by atoms with Gasteiger partial charge >= 0.3 is 6.03 Å². The number of hydrogen-bond acceptors (Lipinski definition) is 3. The van der Waals surface area contributed by atoms with Gasteiger partial charge in [0.1, 0.15) is 5.75 Å². The van der Waals surface area contributed by atoms with E-state index in [0.717, 1.165) is 0 Å². The molecule has 2 aromatic carbocycles. The topological polar surface area (TPSA) is 79.5 Å². The lowest BCUT2D eigenvalue weighted by molar-refractivity contribution is 0.0954. The van der Waals surface area contributed by atoms with E-state index >= 15 is 0 Å². The minimum Gasteiger partial charge on any atom is -0.494 e. The van der Waals surface area contributed by atoms with Crippen LogP contribution in [-0.2, 0) is 0 Å². The van der Waals surface area contributed by atoms with Crippen LogP contribution in [0.25, 0.3) is 0 Å². The second-order valence-electron chi connectivity index (χ2n) is 5.23. The van der Waals surface area contributed by atoms with Gasteiger partial charge in [0.2, 0.25) is 0 Å². The molecule has 6 nitrogen and oxygen atoms in total. The maximum absolute atomic E-state index is 12.0. The van der Waals surface area contributed by atoms with Gasteiger partial charge in [-0.1, -0.05) is 29.3 Å². The highest BCUT2D eigenvalue weighted by Crippen LogP contribution is 2.22. The Balaban J connectivity index is 1.73. The molecule has 0 radical (unpaired) electrons. The standard InChI is InChI=1S/C18H19Cl2N3O3/c1-2-26-14-5-3-4-13(11-14)23-18(25)22-9-8-21-17(24)12-6-7-15(19)16(20)10-12/h3-7,10-11H,2,8-9H2,1H3,(H,21,24)(H2,22,23,25). The first-order valence-electron chi connectivity index (χ1n) is 8.00. The van der Waals surface area contributed by atoms with Crippen LogP contribution in [0.15, 0.2) is 42.5 Å². The van der Waals surface area contributed by atoms with E-state index in [2.05, 4.69) is 16.0 Å². The summed E-state index contributed by atoms with van der Waals surface area (Å²) >= 11 is 11.7. The van der Waals surface area contributed by atoms with Gasteiger partial charge in [0.15, 0.2) is 0 Å². The summed E-state index contributed by atoms with van der Waals surface area (Å²) in [6.07, 6.45) is 0. The van der Waals surface area contributed by atoms with Crippen LogP contribution in [0, 0.1) is 0 Å². The predicted molar refractivity (Wildman–Crippen MR) is 103 cm³/mol. The van der Waals surface area contributed by atoms with Gasteiger partial charge in [-0.3, -0.25) is 4.79 Å². The molecule has 3 amide bonds. The third-order valence-electron chi connectivity index (χ3n) is 3.28. The fraction of sp³-hybridized carbons (Fsp3) is 0.222. The Morgan fingerprint density at radius 1 is 1.00 bits per heavy atom. The normalized spacial score (nSPS) is 10.1. The third-order valence-corrected chi connectivity index (χ3v) is 4.02. The summed E-state index contributed by atoms with van der Waals surface area (Å²) in [4.78, 5) is 23.9.